The van der Waals surface area contributed by atoms with E-state index in [1.165, 1.54) is 60.5 Å². The monoisotopic (exact) mass is 709 g/mol. The number of hydrogen-bond donors (Lipinski definition) is 1. The quantitative estimate of drug-likeness (QED) is 0.167. The maximum Gasteiger partial charge on any atom is 0.0716 e. The van der Waals surface area contributed by atoms with Crippen molar-refractivity contribution in [1.82, 2.24) is 4.57 Å². The first-order valence-corrected chi connectivity index (χ1v) is 18.5. The molecule has 0 saturated heterocycles. The molecule has 0 aliphatic rings. The van der Waals surface area contributed by atoms with Gasteiger partial charge in [-0.2, -0.15) is 0 Å². The molecule has 0 aliphatic heterocycles. The van der Waals surface area contributed by atoms with Gasteiger partial charge >= 0.3 is 0 Å². The largest absolute Gasteiger partial charge is 0.309 e. The van der Waals surface area contributed by atoms with E-state index in [0.717, 1.165) is 11.1 Å². The molecule has 9 rings (SSSR count). The zero-order valence-electron chi connectivity index (χ0n) is 31.2. The van der Waals surface area contributed by atoms with Crippen LogP contribution in [0.5, 0.6) is 0 Å². The van der Waals surface area contributed by atoms with Crippen LogP contribution in [0.25, 0.3) is 55.1 Å². The van der Waals surface area contributed by atoms with Gasteiger partial charge < -0.3 is 9.98 Å². The Balaban J connectivity index is 0.000000127. The van der Waals surface area contributed by atoms with E-state index in [0.29, 0.717) is 11.4 Å². The maximum absolute atomic E-state index is 8.05. The zero-order chi connectivity index (χ0) is 38.0. The van der Waals surface area contributed by atoms with Crippen LogP contribution in [-0.2, 0) is 0 Å². The number of fused-ring (bicyclic) bond motifs is 4. The van der Waals surface area contributed by atoms with Crippen molar-refractivity contribution in [3.05, 3.63) is 229 Å². The molecule has 3 nitrogen and oxygen atoms in total. The van der Waals surface area contributed by atoms with Crippen molar-refractivity contribution in [3.8, 4) is 16.8 Å². The number of nitrogens with one attached hydrogen (secondary N) is 1. The third kappa shape index (κ3) is 8.59. The van der Waals surface area contributed by atoms with Gasteiger partial charge in [-0.15, -0.1) is 0 Å². The Morgan fingerprint density at radius 3 is 1.55 bits per heavy atom. The van der Waals surface area contributed by atoms with Gasteiger partial charge in [-0.25, -0.2) is 0 Å². The summed E-state index contributed by atoms with van der Waals surface area (Å²) < 4.78 is 2.34. The topological polar surface area (TPSA) is 41.1 Å². The molecule has 0 amide bonds. The second-order valence-electron chi connectivity index (χ2n) is 13.5. The lowest BCUT2D eigenvalue weighted by molar-refractivity contribution is 1.17. The molecular weight excluding hydrogens is 667 g/mol. The summed E-state index contributed by atoms with van der Waals surface area (Å²) in [5, 5.41) is 13.3. The highest BCUT2D eigenvalue weighted by atomic mass is 15.0. The molecule has 1 N–H and O–H groups in total. The van der Waals surface area contributed by atoms with Crippen LogP contribution >= 0.6 is 0 Å². The second-order valence-corrected chi connectivity index (χ2v) is 13.5. The summed E-state index contributed by atoms with van der Waals surface area (Å²) in [5.41, 5.74) is 11.9. The number of aliphatic imine (C=N–C) groups is 1. The molecule has 266 valence electrons. The smallest absolute Gasteiger partial charge is 0.0716 e. The van der Waals surface area contributed by atoms with Crippen LogP contribution in [0, 0.1) is 19.3 Å². The molecule has 9 aromatic rings. The molecule has 8 aromatic carbocycles. The van der Waals surface area contributed by atoms with E-state index in [2.05, 4.69) is 170 Å². The molecule has 0 aliphatic carbocycles. The van der Waals surface area contributed by atoms with Crippen LogP contribution in [0.1, 0.15) is 22.3 Å². The summed E-state index contributed by atoms with van der Waals surface area (Å²) in [6.45, 7) is 7.81. The van der Waals surface area contributed by atoms with Crippen molar-refractivity contribution in [1.29, 1.82) is 5.41 Å². The first-order chi connectivity index (χ1) is 27.0. The maximum atomic E-state index is 8.05. The molecule has 1 aromatic heterocycles. The first-order valence-electron chi connectivity index (χ1n) is 18.5. The fraction of sp³-hybridized carbons (Fsp3) is 0.0385. The summed E-state index contributed by atoms with van der Waals surface area (Å²) in [6.07, 6.45) is 1.73. The SMILES string of the molecule is C=N/C(=C\C(=N)c1ccccc1)c1ccccc1.Cc1ccc(-c2ccc3ccccc3c2)cc1.Cc1ccc(-n2c3ccccc3c3ccccc32)cc1. The zero-order valence-corrected chi connectivity index (χ0v) is 31.2. The Labute approximate surface area is 323 Å². The van der Waals surface area contributed by atoms with Crippen molar-refractivity contribution < 1.29 is 0 Å². The molecule has 0 radical (unpaired) electrons. The Bertz CT molecular complexity index is 2670. The van der Waals surface area contributed by atoms with Crippen LogP contribution in [0.4, 0.5) is 0 Å². The highest BCUT2D eigenvalue weighted by molar-refractivity contribution is 6.10. The van der Waals surface area contributed by atoms with Crippen LogP contribution in [0.15, 0.2) is 211 Å². The molecule has 0 saturated carbocycles. The van der Waals surface area contributed by atoms with Crippen molar-refractivity contribution >= 4 is 50.7 Å². The minimum atomic E-state index is 0.432. The molecule has 55 heavy (non-hydrogen) atoms. The summed E-state index contributed by atoms with van der Waals surface area (Å²) in [5.74, 6) is 0. The Kier molecular flexibility index (Phi) is 11.3. The fourth-order valence-electron chi connectivity index (χ4n) is 6.68. The molecule has 3 heteroatoms. The van der Waals surface area contributed by atoms with E-state index in [9.17, 15) is 0 Å². The van der Waals surface area contributed by atoms with Gasteiger partial charge in [0.15, 0.2) is 0 Å². The predicted octanol–water partition coefficient (Wildman–Crippen LogP) is 13.7. The van der Waals surface area contributed by atoms with Gasteiger partial charge in [0.25, 0.3) is 0 Å². The van der Waals surface area contributed by atoms with E-state index >= 15 is 0 Å². The lowest BCUT2D eigenvalue weighted by Gasteiger charge is -2.07. The summed E-state index contributed by atoms with van der Waals surface area (Å²) >= 11 is 0. The normalized spacial score (nSPS) is 11.0. The average Bonchev–Trinajstić information content (AvgIpc) is 3.58. The molecule has 0 bridgehead atoms. The van der Waals surface area contributed by atoms with Crippen LogP contribution in [-0.4, -0.2) is 17.0 Å². The molecule has 0 spiro atoms. The van der Waals surface area contributed by atoms with Crippen molar-refractivity contribution in [3.63, 3.8) is 0 Å². The molecule has 0 atom stereocenters. The van der Waals surface area contributed by atoms with Gasteiger partial charge in [0.2, 0.25) is 0 Å². The lowest BCUT2D eigenvalue weighted by Crippen LogP contribution is -1.95. The highest BCUT2D eigenvalue weighted by Gasteiger charge is 2.10. The molecule has 0 unspecified atom stereocenters. The van der Waals surface area contributed by atoms with Gasteiger partial charge in [0.05, 0.1) is 22.4 Å². The Hall–Kier alpha value is -7.10. The van der Waals surface area contributed by atoms with Crippen LogP contribution < -0.4 is 0 Å². The number of para-hydroxylation sites is 2. The molecule has 0 fully saturated rings. The average molecular weight is 710 g/mol. The minimum Gasteiger partial charge on any atom is -0.309 e. The summed E-state index contributed by atoms with van der Waals surface area (Å²) in [6, 6.07) is 69.0. The standard InChI is InChI=1S/C19H15N.C17H14.C16H14N2/c1-14-10-12-15(13-11-14)20-18-8-4-2-6-16(18)17-7-3-5-9-19(17)20;1-13-6-8-15(9-7-13)17-11-10-14-4-2-3-5-16(14)12-17;1-18-16(14-10-6-3-7-11-14)12-15(17)13-8-4-2-5-9-13/h2-13H,1H3;2-12H,1H3;2-12,17H,1H2/b;;16-12-,17-15?. The van der Waals surface area contributed by atoms with Crippen molar-refractivity contribution in [2.45, 2.75) is 13.8 Å². The van der Waals surface area contributed by atoms with Gasteiger partial charge in [0.1, 0.15) is 0 Å². The predicted molar refractivity (Wildman–Crippen MR) is 237 cm³/mol. The van der Waals surface area contributed by atoms with Crippen molar-refractivity contribution in [2.24, 2.45) is 4.99 Å². The molecular formula is C52H43N3. The number of allylic oxidation sites excluding steroid dienone is 1. The highest BCUT2D eigenvalue weighted by Crippen LogP contribution is 2.31. The second kappa shape index (κ2) is 17.2. The fourth-order valence-corrected chi connectivity index (χ4v) is 6.68. The van der Waals surface area contributed by atoms with Gasteiger partial charge in [-0.1, -0.05) is 181 Å². The number of benzene rings is 8. The number of hydrogen-bond acceptors (Lipinski definition) is 2. The third-order valence-electron chi connectivity index (χ3n) is 9.61. The first kappa shape index (κ1) is 36.3. The Morgan fingerprint density at radius 2 is 0.964 bits per heavy atom. The van der Waals surface area contributed by atoms with E-state index in [1.807, 2.05) is 60.7 Å². The number of aryl methyl sites for hydroxylation is 2. The lowest BCUT2D eigenvalue weighted by atomic mass is 10.0. The minimum absolute atomic E-state index is 0.432. The van der Waals surface area contributed by atoms with Gasteiger partial charge in [0, 0.05) is 22.0 Å². The van der Waals surface area contributed by atoms with E-state index < -0.39 is 0 Å². The van der Waals surface area contributed by atoms with Crippen LogP contribution in [0.3, 0.4) is 0 Å². The van der Waals surface area contributed by atoms with Crippen molar-refractivity contribution in [2.75, 3.05) is 0 Å². The number of nitrogens with zero attached hydrogens (tertiary/aromatic N) is 2. The van der Waals surface area contributed by atoms with E-state index in [-0.39, 0.29) is 0 Å². The van der Waals surface area contributed by atoms with E-state index in [4.69, 9.17) is 5.41 Å². The van der Waals surface area contributed by atoms with E-state index in [1.54, 1.807) is 6.08 Å². The summed E-state index contributed by atoms with van der Waals surface area (Å²) in [4.78, 5) is 3.99. The number of aromatic nitrogens is 1. The summed E-state index contributed by atoms with van der Waals surface area (Å²) in [7, 11) is 0. The van der Waals surface area contributed by atoms with Gasteiger partial charge in [-0.05, 0) is 84.4 Å². The number of rotatable bonds is 6. The molecule has 1 heterocycles. The van der Waals surface area contributed by atoms with Crippen LogP contribution in [0.2, 0.25) is 0 Å². The van der Waals surface area contributed by atoms with Gasteiger partial charge in [-0.3, -0.25) is 4.99 Å². The third-order valence-corrected chi connectivity index (χ3v) is 9.61. The Morgan fingerprint density at radius 1 is 0.491 bits per heavy atom.